The minimum Gasteiger partial charge on any atom is -0.475 e. The highest BCUT2D eigenvalue weighted by Crippen LogP contribution is 2.33. The van der Waals surface area contributed by atoms with Crippen LogP contribution in [0, 0.1) is 5.82 Å². The Morgan fingerprint density at radius 1 is 1.30 bits per heavy atom. The summed E-state index contributed by atoms with van der Waals surface area (Å²) in [6.45, 7) is 1.53. The van der Waals surface area contributed by atoms with Crippen molar-refractivity contribution in [2.45, 2.75) is 24.6 Å². The van der Waals surface area contributed by atoms with Crippen LogP contribution in [0.1, 0.15) is 12.8 Å². The Bertz CT molecular complexity index is 1150. The van der Waals surface area contributed by atoms with Crippen molar-refractivity contribution < 1.29 is 32.6 Å². The number of carbonyl (C=O) groups is 1. The zero-order valence-corrected chi connectivity index (χ0v) is 17.7. The minimum atomic E-state index is -5.08. The number of fused-ring (bicyclic) bond motifs is 1. The lowest BCUT2D eigenvalue weighted by molar-refractivity contribution is -0.192. The van der Waals surface area contributed by atoms with E-state index in [1.165, 1.54) is 6.07 Å². The van der Waals surface area contributed by atoms with Crippen molar-refractivity contribution in [3.63, 3.8) is 0 Å². The second-order valence-electron chi connectivity index (χ2n) is 7.32. The summed E-state index contributed by atoms with van der Waals surface area (Å²) in [4.78, 5) is 19.9. The molecule has 0 radical (unpaired) electrons. The molecule has 3 heterocycles. The average Bonchev–Trinajstić information content (AvgIpc) is 3.19. The lowest BCUT2D eigenvalue weighted by Crippen LogP contribution is -2.49. The van der Waals surface area contributed by atoms with E-state index in [0.717, 1.165) is 0 Å². The number of nitrogens with zero attached hydrogens (tertiary/aromatic N) is 4. The van der Waals surface area contributed by atoms with E-state index in [2.05, 4.69) is 20.2 Å². The van der Waals surface area contributed by atoms with E-state index in [0.29, 0.717) is 54.2 Å². The topological polar surface area (TPSA) is 141 Å². The molecule has 0 saturated carbocycles. The molecule has 2 aromatic heterocycles. The number of carboxylic acids is 1. The summed E-state index contributed by atoms with van der Waals surface area (Å²) in [7, 11) is 0. The van der Waals surface area contributed by atoms with Crippen LogP contribution in [0.5, 0.6) is 0 Å². The standard InChI is InChI=1S/C17H18ClFN6O.C2HF3O2/c18-13-10(2-1-3-11(13)19)14-15-16(24-23-14)22-12(8-21-15)25-6-4-17(26,9-20)5-7-25;3-2(4,5)1(6)7/h1-3,8,26H,4-7,9,20H2,(H,22,23,24);(H,6,7). The molecule has 9 nitrogen and oxygen atoms in total. The van der Waals surface area contributed by atoms with Gasteiger partial charge in [0, 0.05) is 25.2 Å². The van der Waals surface area contributed by atoms with Crippen LogP contribution < -0.4 is 10.6 Å². The first-order valence-corrected chi connectivity index (χ1v) is 9.96. The summed E-state index contributed by atoms with van der Waals surface area (Å²) in [5, 5.41) is 24.4. The maximum absolute atomic E-state index is 13.7. The lowest BCUT2D eigenvalue weighted by Gasteiger charge is -2.37. The van der Waals surface area contributed by atoms with Gasteiger partial charge >= 0.3 is 12.1 Å². The highest BCUT2D eigenvalue weighted by Gasteiger charge is 2.38. The molecule has 0 aliphatic carbocycles. The van der Waals surface area contributed by atoms with Crippen molar-refractivity contribution in [3.05, 3.63) is 35.2 Å². The van der Waals surface area contributed by atoms with Crippen LogP contribution in [0.3, 0.4) is 0 Å². The van der Waals surface area contributed by atoms with Crippen LogP contribution in [0.4, 0.5) is 23.4 Å². The number of halogens is 5. The number of alkyl halides is 3. The molecule has 33 heavy (non-hydrogen) atoms. The van der Waals surface area contributed by atoms with Crippen molar-refractivity contribution >= 4 is 34.6 Å². The number of carboxylic acid groups (broad SMARTS) is 1. The van der Waals surface area contributed by atoms with Gasteiger partial charge in [0.25, 0.3) is 0 Å². The number of anilines is 1. The van der Waals surface area contributed by atoms with Crippen LogP contribution in [0.2, 0.25) is 5.02 Å². The lowest BCUT2D eigenvalue weighted by atomic mass is 9.92. The number of hydrogen-bond acceptors (Lipinski definition) is 7. The van der Waals surface area contributed by atoms with Gasteiger partial charge in [-0.1, -0.05) is 23.7 Å². The van der Waals surface area contributed by atoms with Crippen LogP contribution in [0.25, 0.3) is 22.4 Å². The first-order chi connectivity index (χ1) is 15.4. The number of hydrogen-bond donors (Lipinski definition) is 4. The van der Waals surface area contributed by atoms with Crippen molar-refractivity contribution in [1.82, 2.24) is 20.2 Å². The highest BCUT2D eigenvalue weighted by molar-refractivity contribution is 6.33. The van der Waals surface area contributed by atoms with Gasteiger partial charge in [0.15, 0.2) is 0 Å². The molecular weight excluding hydrogens is 472 g/mol. The smallest absolute Gasteiger partial charge is 0.475 e. The first-order valence-electron chi connectivity index (χ1n) is 9.58. The SMILES string of the molecule is NCC1(O)CCN(c2cnc3c(-c4cccc(F)c4Cl)[nH]nc3n2)CC1.O=C(O)C(F)(F)F. The third kappa shape index (κ3) is 5.49. The Hall–Kier alpha value is -3.03. The molecule has 0 bridgehead atoms. The molecule has 178 valence electrons. The Kier molecular flexibility index (Phi) is 7.05. The van der Waals surface area contributed by atoms with Crippen LogP contribution in [0.15, 0.2) is 24.4 Å². The predicted octanol–water partition coefficient (Wildman–Crippen LogP) is 2.74. The van der Waals surface area contributed by atoms with Gasteiger partial charge in [-0.3, -0.25) is 5.10 Å². The van der Waals surface area contributed by atoms with E-state index >= 15 is 0 Å². The molecule has 1 aromatic carbocycles. The van der Waals surface area contributed by atoms with Crippen LogP contribution >= 0.6 is 11.6 Å². The Balaban J connectivity index is 0.000000383. The fourth-order valence-electron chi connectivity index (χ4n) is 3.18. The Labute approximate surface area is 189 Å². The number of rotatable bonds is 3. The molecule has 1 saturated heterocycles. The monoisotopic (exact) mass is 490 g/mol. The van der Waals surface area contributed by atoms with Crippen molar-refractivity contribution in [3.8, 4) is 11.3 Å². The van der Waals surface area contributed by atoms with Gasteiger partial charge in [0.1, 0.15) is 17.2 Å². The summed E-state index contributed by atoms with van der Waals surface area (Å²) in [6, 6.07) is 4.58. The van der Waals surface area contributed by atoms with E-state index < -0.39 is 23.6 Å². The molecular formula is C19H19ClF4N6O3. The third-order valence-corrected chi connectivity index (χ3v) is 5.50. The molecule has 5 N–H and O–H groups in total. The van der Waals surface area contributed by atoms with E-state index in [9.17, 15) is 22.7 Å². The Morgan fingerprint density at radius 2 is 1.94 bits per heavy atom. The van der Waals surface area contributed by atoms with E-state index in [4.69, 9.17) is 27.2 Å². The number of aromatic amines is 1. The molecule has 1 aliphatic heterocycles. The third-order valence-electron chi connectivity index (χ3n) is 5.11. The number of benzene rings is 1. The molecule has 3 aromatic rings. The van der Waals surface area contributed by atoms with Gasteiger partial charge in [-0.05, 0) is 18.9 Å². The second-order valence-corrected chi connectivity index (χ2v) is 7.70. The summed E-state index contributed by atoms with van der Waals surface area (Å²) in [6.07, 6.45) is -2.27. The van der Waals surface area contributed by atoms with Gasteiger partial charge in [-0.15, -0.1) is 0 Å². The van der Waals surface area contributed by atoms with Gasteiger partial charge in [0.05, 0.1) is 22.5 Å². The van der Waals surface area contributed by atoms with E-state index in [1.54, 1.807) is 18.3 Å². The summed E-state index contributed by atoms with van der Waals surface area (Å²) >= 11 is 6.07. The van der Waals surface area contributed by atoms with E-state index in [1.807, 2.05) is 4.90 Å². The van der Waals surface area contributed by atoms with E-state index in [-0.39, 0.29) is 11.6 Å². The zero-order chi connectivity index (χ0) is 24.4. The van der Waals surface area contributed by atoms with Crippen LogP contribution in [-0.4, -0.2) is 67.8 Å². The largest absolute Gasteiger partial charge is 0.490 e. The van der Waals surface area contributed by atoms with Crippen molar-refractivity contribution in [2.24, 2.45) is 5.73 Å². The molecule has 0 atom stereocenters. The number of nitrogens with one attached hydrogen (secondary N) is 1. The fourth-order valence-corrected chi connectivity index (χ4v) is 3.40. The quantitative estimate of drug-likeness (QED) is 0.411. The molecule has 1 aliphatic rings. The summed E-state index contributed by atoms with van der Waals surface area (Å²) in [5.74, 6) is -2.58. The minimum absolute atomic E-state index is 0.0148. The molecule has 14 heteroatoms. The fraction of sp³-hybridized carbons (Fsp3) is 0.368. The number of aromatic nitrogens is 4. The molecule has 4 rings (SSSR count). The zero-order valence-electron chi connectivity index (χ0n) is 16.9. The van der Waals surface area contributed by atoms with Gasteiger partial charge in [-0.2, -0.15) is 18.3 Å². The van der Waals surface area contributed by atoms with Gasteiger partial charge in [0.2, 0.25) is 5.65 Å². The molecule has 0 spiro atoms. The number of piperidine rings is 1. The number of H-pyrrole nitrogens is 1. The Morgan fingerprint density at radius 3 is 2.52 bits per heavy atom. The maximum atomic E-state index is 13.7. The highest BCUT2D eigenvalue weighted by atomic mass is 35.5. The van der Waals surface area contributed by atoms with Gasteiger partial charge in [-0.25, -0.2) is 19.2 Å². The molecule has 0 unspecified atom stereocenters. The number of aliphatic carboxylic acids is 1. The second kappa shape index (κ2) is 9.45. The van der Waals surface area contributed by atoms with Crippen molar-refractivity contribution in [2.75, 3.05) is 24.5 Å². The van der Waals surface area contributed by atoms with Crippen molar-refractivity contribution in [1.29, 1.82) is 0 Å². The summed E-state index contributed by atoms with van der Waals surface area (Å²) < 4.78 is 45.5. The molecule has 0 amide bonds. The normalized spacial score (nSPS) is 15.8. The number of aliphatic hydroxyl groups is 1. The van der Waals surface area contributed by atoms with Crippen LogP contribution in [-0.2, 0) is 4.79 Å². The van der Waals surface area contributed by atoms with Gasteiger partial charge < -0.3 is 20.8 Å². The summed E-state index contributed by atoms with van der Waals surface area (Å²) in [5.41, 5.74) is 6.79. The average molecular weight is 491 g/mol. The predicted molar refractivity (Wildman–Crippen MR) is 111 cm³/mol. The molecule has 1 fully saturated rings. The number of nitrogens with two attached hydrogens (primary N) is 1. The first kappa shape index (κ1) is 24.6. The maximum Gasteiger partial charge on any atom is 0.490 e.